The van der Waals surface area contributed by atoms with Gasteiger partial charge in [-0.1, -0.05) is 6.07 Å². The van der Waals surface area contributed by atoms with Crippen LogP contribution in [0, 0.1) is 0 Å². The third-order valence-corrected chi connectivity index (χ3v) is 4.63. The van der Waals surface area contributed by atoms with Crippen LogP contribution in [0.25, 0.3) is 0 Å². The highest BCUT2D eigenvalue weighted by molar-refractivity contribution is 7.10. The molecule has 0 saturated heterocycles. The Kier molecular flexibility index (Phi) is 4.77. The van der Waals surface area contributed by atoms with Crippen molar-refractivity contribution in [2.24, 2.45) is 0 Å². The minimum Gasteiger partial charge on any atom is -0.406 e. The normalized spacial score (nSPS) is 15.0. The van der Waals surface area contributed by atoms with Gasteiger partial charge < -0.3 is 10.1 Å². The van der Waals surface area contributed by atoms with E-state index in [0.717, 1.165) is 19.0 Å². The van der Waals surface area contributed by atoms with E-state index in [1.54, 1.807) is 11.3 Å². The first kappa shape index (κ1) is 16.8. The summed E-state index contributed by atoms with van der Waals surface area (Å²) in [7, 11) is 0. The lowest BCUT2D eigenvalue weighted by Gasteiger charge is -2.26. The number of benzene rings is 1. The molecule has 24 heavy (non-hydrogen) atoms. The molecule has 1 aliphatic heterocycles. The Morgan fingerprint density at radius 2 is 2.17 bits per heavy atom. The van der Waals surface area contributed by atoms with Crippen molar-refractivity contribution in [1.82, 2.24) is 4.90 Å². The van der Waals surface area contributed by atoms with Crippen LogP contribution in [0.4, 0.5) is 18.9 Å². The standard InChI is InChI=1S/C16H15F3N2O2S/c17-16(18,19)23-13-3-1-2-12(8-13)20-15(22)10-21-6-4-14-11(9-21)5-7-24-14/h1-3,5,7-8H,4,6,9-10H2,(H,20,22). The van der Waals surface area contributed by atoms with E-state index in [4.69, 9.17) is 0 Å². The van der Waals surface area contributed by atoms with Gasteiger partial charge >= 0.3 is 6.36 Å². The first-order chi connectivity index (χ1) is 11.4. The molecule has 3 rings (SSSR count). The fraction of sp³-hybridized carbons (Fsp3) is 0.312. The molecular formula is C16H15F3N2O2S. The van der Waals surface area contributed by atoms with Crippen molar-refractivity contribution in [2.75, 3.05) is 18.4 Å². The van der Waals surface area contributed by atoms with Crippen LogP contribution in [0.5, 0.6) is 5.75 Å². The Bertz CT molecular complexity index is 730. The number of anilines is 1. The second kappa shape index (κ2) is 6.82. The van der Waals surface area contributed by atoms with E-state index in [1.165, 1.54) is 28.6 Å². The summed E-state index contributed by atoms with van der Waals surface area (Å²) in [5.41, 5.74) is 1.51. The molecule has 0 aliphatic carbocycles. The smallest absolute Gasteiger partial charge is 0.406 e. The van der Waals surface area contributed by atoms with Crippen LogP contribution in [0.2, 0.25) is 0 Å². The number of alkyl halides is 3. The molecule has 0 radical (unpaired) electrons. The van der Waals surface area contributed by atoms with E-state index >= 15 is 0 Å². The molecule has 0 spiro atoms. The largest absolute Gasteiger partial charge is 0.573 e. The van der Waals surface area contributed by atoms with Crippen molar-refractivity contribution in [2.45, 2.75) is 19.3 Å². The van der Waals surface area contributed by atoms with Gasteiger partial charge in [0.25, 0.3) is 0 Å². The van der Waals surface area contributed by atoms with Gasteiger partial charge in [-0.25, -0.2) is 0 Å². The average molecular weight is 356 g/mol. The average Bonchev–Trinajstić information content (AvgIpc) is 2.93. The summed E-state index contributed by atoms with van der Waals surface area (Å²) in [5.74, 6) is -0.626. The minimum absolute atomic E-state index is 0.194. The van der Waals surface area contributed by atoms with Gasteiger partial charge in [-0.15, -0.1) is 24.5 Å². The highest BCUT2D eigenvalue weighted by Gasteiger charge is 2.31. The van der Waals surface area contributed by atoms with E-state index < -0.39 is 6.36 Å². The van der Waals surface area contributed by atoms with Crippen molar-refractivity contribution < 1.29 is 22.7 Å². The van der Waals surface area contributed by atoms with Crippen LogP contribution in [0.3, 0.4) is 0 Å². The third kappa shape index (κ3) is 4.48. The first-order valence-electron chi connectivity index (χ1n) is 7.32. The number of nitrogens with zero attached hydrogens (tertiary/aromatic N) is 1. The fourth-order valence-corrected chi connectivity index (χ4v) is 3.51. The summed E-state index contributed by atoms with van der Waals surface area (Å²) < 4.78 is 40.5. The van der Waals surface area contributed by atoms with Crippen LogP contribution in [-0.4, -0.2) is 30.3 Å². The van der Waals surface area contributed by atoms with Gasteiger partial charge in [0.1, 0.15) is 5.75 Å². The molecule has 0 bridgehead atoms. The van der Waals surface area contributed by atoms with Gasteiger partial charge in [0, 0.05) is 29.7 Å². The summed E-state index contributed by atoms with van der Waals surface area (Å²) in [5, 5.41) is 4.65. The van der Waals surface area contributed by atoms with Crippen molar-refractivity contribution in [3.05, 3.63) is 46.2 Å². The number of rotatable bonds is 4. The Labute approximate surface area is 140 Å². The van der Waals surface area contributed by atoms with Crippen LogP contribution < -0.4 is 10.1 Å². The number of hydrogen-bond donors (Lipinski definition) is 1. The second-order valence-corrected chi connectivity index (χ2v) is 6.45. The number of thiophene rings is 1. The summed E-state index contributed by atoms with van der Waals surface area (Å²) in [6.07, 6.45) is -3.84. The number of carbonyl (C=O) groups excluding carboxylic acids is 1. The molecule has 2 heterocycles. The van der Waals surface area contributed by atoms with Crippen molar-refractivity contribution >= 4 is 22.9 Å². The topological polar surface area (TPSA) is 41.6 Å². The second-order valence-electron chi connectivity index (χ2n) is 5.45. The van der Waals surface area contributed by atoms with Crippen LogP contribution in [0.15, 0.2) is 35.7 Å². The highest BCUT2D eigenvalue weighted by Crippen LogP contribution is 2.26. The Balaban J connectivity index is 1.56. The maximum Gasteiger partial charge on any atom is 0.573 e. The number of carbonyl (C=O) groups is 1. The lowest BCUT2D eigenvalue weighted by molar-refractivity contribution is -0.274. The zero-order chi connectivity index (χ0) is 17.2. The lowest BCUT2D eigenvalue weighted by atomic mass is 10.1. The summed E-state index contributed by atoms with van der Waals surface area (Å²) in [6, 6.07) is 7.32. The minimum atomic E-state index is -4.76. The molecule has 0 unspecified atom stereocenters. The number of halogens is 3. The number of ether oxygens (including phenoxy) is 1. The van der Waals surface area contributed by atoms with Crippen LogP contribution in [0.1, 0.15) is 10.4 Å². The highest BCUT2D eigenvalue weighted by atomic mass is 32.1. The van der Waals surface area contributed by atoms with Crippen LogP contribution in [-0.2, 0) is 17.8 Å². The number of amides is 1. The summed E-state index contributed by atoms with van der Waals surface area (Å²) in [4.78, 5) is 15.5. The molecule has 1 aliphatic rings. The number of fused-ring (bicyclic) bond motifs is 1. The quantitative estimate of drug-likeness (QED) is 0.909. The molecule has 0 saturated carbocycles. The van der Waals surface area contributed by atoms with E-state index in [9.17, 15) is 18.0 Å². The maximum atomic E-state index is 12.2. The summed E-state index contributed by atoms with van der Waals surface area (Å²) >= 11 is 1.72. The molecular weight excluding hydrogens is 341 g/mol. The Morgan fingerprint density at radius 3 is 2.96 bits per heavy atom. The molecule has 0 atom stereocenters. The summed E-state index contributed by atoms with van der Waals surface area (Å²) in [6.45, 7) is 1.70. The van der Waals surface area contributed by atoms with Gasteiger partial charge in [0.05, 0.1) is 6.54 Å². The van der Waals surface area contributed by atoms with E-state index in [0.29, 0.717) is 6.54 Å². The zero-order valence-corrected chi connectivity index (χ0v) is 13.4. The lowest BCUT2D eigenvalue weighted by Crippen LogP contribution is -2.36. The van der Waals surface area contributed by atoms with Crippen molar-refractivity contribution in [3.8, 4) is 5.75 Å². The monoisotopic (exact) mass is 356 g/mol. The van der Waals surface area contributed by atoms with Gasteiger partial charge in [0.15, 0.2) is 0 Å². The third-order valence-electron chi connectivity index (χ3n) is 3.61. The van der Waals surface area contributed by atoms with Crippen LogP contribution >= 0.6 is 11.3 Å². The molecule has 1 aromatic heterocycles. The predicted octanol–water partition coefficient (Wildman–Crippen LogP) is 3.64. The van der Waals surface area contributed by atoms with Gasteiger partial charge in [-0.2, -0.15) is 0 Å². The van der Waals surface area contributed by atoms with E-state index in [2.05, 4.69) is 16.1 Å². The maximum absolute atomic E-state index is 12.2. The molecule has 8 heteroatoms. The van der Waals surface area contributed by atoms with Gasteiger partial charge in [-0.05, 0) is 35.6 Å². The molecule has 1 N–H and O–H groups in total. The van der Waals surface area contributed by atoms with E-state index in [-0.39, 0.29) is 23.9 Å². The van der Waals surface area contributed by atoms with E-state index in [1.807, 2.05) is 10.3 Å². The molecule has 2 aromatic rings. The molecule has 0 fully saturated rings. The Morgan fingerprint density at radius 1 is 1.33 bits per heavy atom. The van der Waals surface area contributed by atoms with Crippen molar-refractivity contribution in [1.29, 1.82) is 0 Å². The predicted molar refractivity (Wildman–Crippen MR) is 85.1 cm³/mol. The molecule has 1 amide bonds. The SMILES string of the molecule is O=C(CN1CCc2sccc2C1)Nc1cccc(OC(F)(F)F)c1. The number of hydrogen-bond acceptors (Lipinski definition) is 4. The molecule has 128 valence electrons. The molecule has 1 aromatic carbocycles. The fourth-order valence-electron chi connectivity index (χ4n) is 2.62. The van der Waals surface area contributed by atoms with Crippen molar-refractivity contribution in [3.63, 3.8) is 0 Å². The zero-order valence-electron chi connectivity index (χ0n) is 12.6. The van der Waals surface area contributed by atoms with Gasteiger partial charge in [-0.3, -0.25) is 9.69 Å². The Hall–Kier alpha value is -2.06. The first-order valence-corrected chi connectivity index (χ1v) is 8.20. The molecule has 4 nitrogen and oxygen atoms in total. The number of nitrogens with one attached hydrogen (secondary N) is 1. The van der Waals surface area contributed by atoms with Gasteiger partial charge in [0.2, 0.25) is 5.91 Å².